The number of aliphatic hydroxyl groups excluding tert-OH is 5. The lowest BCUT2D eigenvalue weighted by molar-refractivity contribution is -0.278. The van der Waals surface area contributed by atoms with Crippen LogP contribution in [-0.4, -0.2) is 68.0 Å². The van der Waals surface area contributed by atoms with Gasteiger partial charge in [-0.15, -0.1) is 6.58 Å². The molecule has 0 bridgehead atoms. The minimum Gasteiger partial charge on any atom is -0.504 e. The maximum absolute atomic E-state index is 11.5. The zero-order chi connectivity index (χ0) is 24.3. The molecule has 6 N–H and O–H groups in total. The van der Waals surface area contributed by atoms with E-state index >= 15 is 0 Å². The van der Waals surface area contributed by atoms with Crippen molar-refractivity contribution in [2.45, 2.75) is 95.1 Å². The summed E-state index contributed by atoms with van der Waals surface area (Å²) in [5.41, 5.74) is 2.19. The smallest absolute Gasteiger partial charge is 0.229 e. The Balaban J connectivity index is 1.88. The molecular weight excluding hydrogens is 428 g/mol. The zero-order valence-corrected chi connectivity index (χ0v) is 19.5. The standard InChI is InChI=1S/C25H36O8/c1-5-25(4)10-8-12-13-7-6-9-24(2,3)16(13)18(28)21(15(12)22(25)31)33-23-20(30)19(29)17(27)14(11-26)32-23/h5,14,17,19-20,22-23,26-31H,1,6-11H2,2-4H3/t14-,17-,19+,20-,22-,23+,25+/m1/s1. The van der Waals surface area contributed by atoms with Crippen LogP contribution in [0.15, 0.2) is 12.7 Å². The first-order chi connectivity index (χ1) is 15.5. The molecule has 184 valence electrons. The Bertz CT molecular complexity index is 926. The molecule has 1 aromatic carbocycles. The van der Waals surface area contributed by atoms with Gasteiger partial charge in [0.05, 0.1) is 12.7 Å². The van der Waals surface area contributed by atoms with Crippen molar-refractivity contribution in [3.05, 3.63) is 34.9 Å². The van der Waals surface area contributed by atoms with E-state index in [4.69, 9.17) is 9.47 Å². The predicted molar refractivity (Wildman–Crippen MR) is 120 cm³/mol. The first-order valence-corrected chi connectivity index (χ1v) is 11.7. The van der Waals surface area contributed by atoms with E-state index in [0.29, 0.717) is 18.4 Å². The van der Waals surface area contributed by atoms with Crippen molar-refractivity contribution < 1.29 is 40.1 Å². The van der Waals surface area contributed by atoms with E-state index in [-0.39, 0.29) is 16.9 Å². The molecule has 0 aromatic heterocycles. The van der Waals surface area contributed by atoms with Crippen LogP contribution >= 0.6 is 0 Å². The van der Waals surface area contributed by atoms with Crippen LogP contribution in [0.3, 0.4) is 0 Å². The number of phenolic OH excluding ortho intramolecular Hbond substituents is 1. The molecule has 4 rings (SSSR count). The molecule has 1 aromatic rings. The van der Waals surface area contributed by atoms with Crippen LogP contribution in [0.4, 0.5) is 0 Å². The van der Waals surface area contributed by atoms with Gasteiger partial charge in [0, 0.05) is 16.5 Å². The highest BCUT2D eigenvalue weighted by Gasteiger charge is 2.48. The van der Waals surface area contributed by atoms with Crippen LogP contribution in [0.2, 0.25) is 0 Å². The molecule has 8 heteroatoms. The van der Waals surface area contributed by atoms with Gasteiger partial charge in [-0.1, -0.05) is 26.8 Å². The summed E-state index contributed by atoms with van der Waals surface area (Å²) in [6, 6.07) is 0. The SMILES string of the molecule is C=C[C@@]1(C)CCc2c3c(c(O)c(O[C@@H]4O[C@H](CO)[C@@H](O)[C@H](O)[C@H]4O)c2[C@H]1O)C(C)(C)CCC3. The molecule has 1 fully saturated rings. The number of aromatic hydroxyl groups is 1. The maximum atomic E-state index is 11.5. The minimum absolute atomic E-state index is 0.00308. The quantitative estimate of drug-likeness (QED) is 0.367. The number of benzene rings is 1. The molecule has 33 heavy (non-hydrogen) atoms. The van der Waals surface area contributed by atoms with Gasteiger partial charge in [0.2, 0.25) is 6.29 Å². The Morgan fingerprint density at radius 3 is 2.36 bits per heavy atom. The lowest BCUT2D eigenvalue weighted by Gasteiger charge is -2.44. The Morgan fingerprint density at radius 2 is 1.73 bits per heavy atom. The van der Waals surface area contributed by atoms with Gasteiger partial charge in [-0.25, -0.2) is 0 Å². The van der Waals surface area contributed by atoms with Crippen molar-refractivity contribution in [1.82, 2.24) is 0 Å². The van der Waals surface area contributed by atoms with Gasteiger partial charge < -0.3 is 40.1 Å². The molecule has 0 amide bonds. The van der Waals surface area contributed by atoms with Crippen molar-refractivity contribution in [3.63, 3.8) is 0 Å². The van der Waals surface area contributed by atoms with Crippen LogP contribution < -0.4 is 4.74 Å². The summed E-state index contributed by atoms with van der Waals surface area (Å²) in [5.74, 6) is -0.110. The van der Waals surface area contributed by atoms with Gasteiger partial charge in [-0.2, -0.15) is 0 Å². The fourth-order valence-electron chi connectivity index (χ4n) is 5.72. The molecule has 0 saturated carbocycles. The second-order valence-electron chi connectivity index (χ2n) is 10.6. The average molecular weight is 465 g/mol. The van der Waals surface area contributed by atoms with E-state index in [9.17, 15) is 30.6 Å². The van der Waals surface area contributed by atoms with Gasteiger partial charge in [0.15, 0.2) is 11.5 Å². The third kappa shape index (κ3) is 3.77. The van der Waals surface area contributed by atoms with E-state index in [1.165, 1.54) is 0 Å². The van der Waals surface area contributed by atoms with E-state index in [2.05, 4.69) is 20.4 Å². The van der Waals surface area contributed by atoms with Crippen molar-refractivity contribution in [2.24, 2.45) is 5.41 Å². The molecule has 1 aliphatic heterocycles. The average Bonchev–Trinajstić information content (AvgIpc) is 2.78. The summed E-state index contributed by atoms with van der Waals surface area (Å²) in [6.45, 7) is 9.31. The molecule has 1 heterocycles. The molecule has 3 aliphatic rings. The molecule has 0 spiro atoms. The fourth-order valence-corrected chi connectivity index (χ4v) is 5.72. The van der Waals surface area contributed by atoms with Gasteiger partial charge in [0.25, 0.3) is 0 Å². The Kier molecular flexibility index (Phi) is 6.31. The number of fused-ring (bicyclic) bond motifs is 3. The van der Waals surface area contributed by atoms with E-state index < -0.39 is 48.8 Å². The van der Waals surface area contributed by atoms with Crippen molar-refractivity contribution in [2.75, 3.05) is 6.61 Å². The van der Waals surface area contributed by atoms with Crippen LogP contribution in [0.1, 0.15) is 68.4 Å². The Labute approximate surface area is 194 Å². The van der Waals surface area contributed by atoms with Gasteiger partial charge in [-0.05, 0) is 48.6 Å². The van der Waals surface area contributed by atoms with Crippen LogP contribution in [0, 0.1) is 5.41 Å². The first-order valence-electron chi connectivity index (χ1n) is 11.7. The van der Waals surface area contributed by atoms with Gasteiger partial charge in [-0.3, -0.25) is 0 Å². The van der Waals surface area contributed by atoms with E-state index in [1.807, 2.05) is 6.92 Å². The van der Waals surface area contributed by atoms with E-state index in [1.54, 1.807) is 6.08 Å². The maximum Gasteiger partial charge on any atom is 0.229 e. The Hall–Kier alpha value is -1.68. The lowest BCUT2D eigenvalue weighted by atomic mass is 9.64. The Morgan fingerprint density at radius 1 is 1.03 bits per heavy atom. The number of hydrogen-bond acceptors (Lipinski definition) is 8. The number of ether oxygens (including phenoxy) is 2. The zero-order valence-electron chi connectivity index (χ0n) is 19.5. The lowest BCUT2D eigenvalue weighted by Crippen LogP contribution is -2.60. The molecule has 8 nitrogen and oxygen atoms in total. The number of aliphatic hydroxyl groups is 5. The second kappa shape index (κ2) is 8.52. The third-order valence-corrected chi connectivity index (χ3v) is 7.95. The second-order valence-corrected chi connectivity index (χ2v) is 10.6. The first kappa shape index (κ1) is 24.4. The highest BCUT2D eigenvalue weighted by atomic mass is 16.7. The van der Waals surface area contributed by atoms with Gasteiger partial charge in [0.1, 0.15) is 24.4 Å². The van der Waals surface area contributed by atoms with Crippen LogP contribution in [0.25, 0.3) is 0 Å². The normalized spacial score (nSPS) is 37.7. The topological polar surface area (TPSA) is 140 Å². The van der Waals surface area contributed by atoms with E-state index in [0.717, 1.165) is 36.0 Å². The summed E-state index contributed by atoms with van der Waals surface area (Å²) in [5, 5.41) is 63.3. The number of rotatable bonds is 4. The molecule has 0 radical (unpaired) electrons. The summed E-state index contributed by atoms with van der Waals surface area (Å²) in [7, 11) is 0. The number of phenols is 1. The number of hydrogen-bond donors (Lipinski definition) is 6. The summed E-state index contributed by atoms with van der Waals surface area (Å²) >= 11 is 0. The highest BCUT2D eigenvalue weighted by molar-refractivity contribution is 5.64. The third-order valence-electron chi connectivity index (χ3n) is 7.95. The largest absolute Gasteiger partial charge is 0.504 e. The van der Waals surface area contributed by atoms with Crippen LogP contribution in [0.5, 0.6) is 11.5 Å². The van der Waals surface area contributed by atoms with Crippen LogP contribution in [-0.2, 0) is 23.0 Å². The molecular formula is C25H36O8. The molecule has 7 atom stereocenters. The minimum atomic E-state index is -1.63. The predicted octanol–water partition coefficient (Wildman–Crippen LogP) is 1.36. The van der Waals surface area contributed by atoms with Crippen molar-refractivity contribution >= 4 is 0 Å². The summed E-state index contributed by atoms with van der Waals surface area (Å²) in [6.07, 6.45) is -2.72. The molecule has 2 aliphatic carbocycles. The van der Waals surface area contributed by atoms with Gasteiger partial charge >= 0.3 is 0 Å². The fraction of sp³-hybridized carbons (Fsp3) is 0.680. The van der Waals surface area contributed by atoms with Crippen molar-refractivity contribution in [1.29, 1.82) is 0 Å². The highest BCUT2D eigenvalue weighted by Crippen LogP contribution is 2.56. The molecule has 0 unspecified atom stereocenters. The summed E-state index contributed by atoms with van der Waals surface area (Å²) < 4.78 is 11.6. The van der Waals surface area contributed by atoms with Crippen molar-refractivity contribution in [3.8, 4) is 11.5 Å². The molecule has 1 saturated heterocycles. The summed E-state index contributed by atoms with van der Waals surface area (Å²) in [4.78, 5) is 0. The monoisotopic (exact) mass is 464 g/mol.